The SMILES string of the molecule is Cc1c(C=Nn2c(C3CCCCC3)nc3ccc(Br)cc3c2=O)c2ccccc2n1CC(=O)Nc1ccc(F)cc1. The molecule has 0 spiro atoms. The van der Waals surface area contributed by atoms with E-state index in [0.29, 0.717) is 22.4 Å². The third-order valence-corrected chi connectivity index (χ3v) is 8.31. The Bertz CT molecular complexity index is 1850. The predicted molar refractivity (Wildman–Crippen MR) is 164 cm³/mol. The summed E-state index contributed by atoms with van der Waals surface area (Å²) >= 11 is 3.48. The van der Waals surface area contributed by atoms with E-state index in [1.165, 1.54) is 35.4 Å². The summed E-state index contributed by atoms with van der Waals surface area (Å²) in [6, 6.07) is 19.1. The van der Waals surface area contributed by atoms with Crippen LogP contribution in [-0.4, -0.2) is 26.3 Å². The Morgan fingerprint density at radius 3 is 2.61 bits per heavy atom. The molecule has 0 unspecified atom stereocenters. The number of carbonyl (C=O) groups excluding carboxylic acids is 1. The molecule has 208 valence electrons. The van der Waals surface area contributed by atoms with Gasteiger partial charge in [-0.05, 0) is 68.3 Å². The van der Waals surface area contributed by atoms with Gasteiger partial charge >= 0.3 is 0 Å². The molecule has 0 atom stereocenters. The Balaban J connectivity index is 1.41. The number of carbonyl (C=O) groups is 1. The van der Waals surface area contributed by atoms with Crippen LogP contribution >= 0.6 is 15.9 Å². The minimum absolute atomic E-state index is 0.0659. The van der Waals surface area contributed by atoms with Crippen molar-refractivity contribution in [1.29, 1.82) is 0 Å². The molecule has 41 heavy (non-hydrogen) atoms. The summed E-state index contributed by atoms with van der Waals surface area (Å²) in [6.45, 7) is 2.00. The highest BCUT2D eigenvalue weighted by atomic mass is 79.9. The van der Waals surface area contributed by atoms with Crippen molar-refractivity contribution >= 4 is 55.5 Å². The van der Waals surface area contributed by atoms with Crippen LogP contribution in [0.1, 0.15) is 55.1 Å². The van der Waals surface area contributed by atoms with Gasteiger partial charge in [-0.1, -0.05) is 53.4 Å². The number of amides is 1. The van der Waals surface area contributed by atoms with E-state index in [-0.39, 0.29) is 29.7 Å². The lowest BCUT2D eigenvalue weighted by Crippen LogP contribution is -2.25. The van der Waals surface area contributed by atoms with E-state index < -0.39 is 0 Å². The second-order valence-electron chi connectivity index (χ2n) is 10.5. The van der Waals surface area contributed by atoms with Crippen LogP contribution in [0.2, 0.25) is 0 Å². The number of anilines is 1. The Kier molecular flexibility index (Phi) is 7.53. The van der Waals surface area contributed by atoms with Crippen LogP contribution in [0.5, 0.6) is 0 Å². The van der Waals surface area contributed by atoms with Crippen LogP contribution in [0.25, 0.3) is 21.8 Å². The molecule has 1 N–H and O–H groups in total. The van der Waals surface area contributed by atoms with Crippen molar-refractivity contribution in [1.82, 2.24) is 14.2 Å². The van der Waals surface area contributed by atoms with Gasteiger partial charge in [0.25, 0.3) is 5.56 Å². The van der Waals surface area contributed by atoms with Crippen molar-refractivity contribution < 1.29 is 9.18 Å². The zero-order valence-electron chi connectivity index (χ0n) is 22.6. The molecule has 5 aromatic rings. The van der Waals surface area contributed by atoms with Gasteiger partial charge in [0.15, 0.2) is 0 Å². The predicted octanol–water partition coefficient (Wildman–Crippen LogP) is 7.13. The lowest BCUT2D eigenvalue weighted by Gasteiger charge is -2.22. The number of halogens is 2. The molecule has 1 fully saturated rings. The van der Waals surface area contributed by atoms with Gasteiger partial charge in [-0.25, -0.2) is 9.37 Å². The number of rotatable bonds is 6. The summed E-state index contributed by atoms with van der Waals surface area (Å²) in [7, 11) is 0. The quantitative estimate of drug-likeness (QED) is 0.207. The molecule has 0 saturated heterocycles. The molecule has 1 aliphatic carbocycles. The fourth-order valence-electron chi connectivity index (χ4n) is 5.72. The number of hydrogen-bond donors (Lipinski definition) is 1. The van der Waals surface area contributed by atoms with Crippen molar-refractivity contribution in [3.05, 3.63) is 104 Å². The van der Waals surface area contributed by atoms with Crippen molar-refractivity contribution in [2.24, 2.45) is 5.10 Å². The summed E-state index contributed by atoms with van der Waals surface area (Å²) in [5.41, 5.74) is 3.54. The number of hydrogen-bond acceptors (Lipinski definition) is 4. The molecule has 0 bridgehead atoms. The van der Waals surface area contributed by atoms with E-state index >= 15 is 0 Å². The largest absolute Gasteiger partial charge is 0.335 e. The maximum absolute atomic E-state index is 13.8. The molecule has 0 aliphatic heterocycles. The molecule has 1 aliphatic rings. The Morgan fingerprint density at radius 2 is 1.83 bits per heavy atom. The van der Waals surface area contributed by atoms with Gasteiger partial charge in [0.05, 0.1) is 17.1 Å². The Morgan fingerprint density at radius 1 is 1.07 bits per heavy atom. The van der Waals surface area contributed by atoms with Crippen LogP contribution in [0.15, 0.2) is 81.1 Å². The smallest absolute Gasteiger partial charge is 0.282 e. The van der Waals surface area contributed by atoms with Gasteiger partial charge in [0, 0.05) is 38.2 Å². The molecule has 1 amide bonds. The van der Waals surface area contributed by atoms with Gasteiger partial charge in [-0.2, -0.15) is 9.78 Å². The van der Waals surface area contributed by atoms with Crippen molar-refractivity contribution in [3.63, 3.8) is 0 Å². The topological polar surface area (TPSA) is 81.3 Å². The number of fused-ring (bicyclic) bond motifs is 2. The van der Waals surface area contributed by atoms with Crippen molar-refractivity contribution in [2.75, 3.05) is 5.32 Å². The monoisotopic (exact) mass is 613 g/mol. The van der Waals surface area contributed by atoms with E-state index in [1.54, 1.807) is 12.3 Å². The van der Waals surface area contributed by atoms with Gasteiger partial charge in [-0.15, -0.1) is 0 Å². The minimum Gasteiger partial charge on any atom is -0.335 e. The number of nitrogens with one attached hydrogen (secondary N) is 1. The van der Waals surface area contributed by atoms with Crippen LogP contribution < -0.4 is 10.9 Å². The van der Waals surface area contributed by atoms with E-state index in [0.717, 1.165) is 52.3 Å². The Hall–Kier alpha value is -4.11. The average molecular weight is 615 g/mol. The van der Waals surface area contributed by atoms with E-state index in [1.807, 2.05) is 47.9 Å². The number of aromatic nitrogens is 3. The van der Waals surface area contributed by atoms with E-state index in [4.69, 9.17) is 10.1 Å². The van der Waals surface area contributed by atoms with Gasteiger partial charge in [-0.3, -0.25) is 9.59 Å². The summed E-state index contributed by atoms with van der Waals surface area (Å²) in [4.78, 5) is 31.7. The Labute approximate surface area is 244 Å². The first-order valence-corrected chi connectivity index (χ1v) is 14.6. The summed E-state index contributed by atoms with van der Waals surface area (Å²) in [6.07, 6.45) is 7.07. The summed E-state index contributed by atoms with van der Waals surface area (Å²) in [5, 5.41) is 9.02. The normalized spacial score (nSPS) is 14.3. The molecule has 3 aromatic carbocycles. The highest BCUT2D eigenvalue weighted by molar-refractivity contribution is 9.10. The minimum atomic E-state index is -0.362. The highest BCUT2D eigenvalue weighted by Gasteiger charge is 2.23. The standard InChI is InChI=1S/C32H29BrFN5O2/c1-20-27(25-9-5-6-10-29(25)38(20)19-30(40)36-24-14-12-23(34)13-15-24)18-35-39-31(21-7-3-2-4-8-21)37-28-16-11-22(33)17-26(28)32(39)41/h5-6,9-18,21H,2-4,7-8,19H2,1H3,(H,36,40). The average Bonchev–Trinajstić information content (AvgIpc) is 3.24. The lowest BCUT2D eigenvalue weighted by molar-refractivity contribution is -0.116. The van der Waals surface area contributed by atoms with Crippen molar-refractivity contribution in [3.8, 4) is 0 Å². The molecule has 1 saturated carbocycles. The fraction of sp³-hybridized carbons (Fsp3) is 0.250. The first-order chi connectivity index (χ1) is 19.9. The van der Waals surface area contributed by atoms with Gasteiger partial charge in [0.1, 0.15) is 18.2 Å². The second-order valence-corrected chi connectivity index (χ2v) is 11.4. The van der Waals surface area contributed by atoms with E-state index in [2.05, 4.69) is 21.2 Å². The lowest BCUT2D eigenvalue weighted by atomic mass is 9.88. The molecular weight excluding hydrogens is 585 g/mol. The molecule has 7 nitrogen and oxygen atoms in total. The molecule has 6 rings (SSSR count). The summed E-state index contributed by atoms with van der Waals surface area (Å²) < 4.78 is 17.5. The molecular formula is C32H29BrFN5O2. The van der Waals surface area contributed by atoms with Gasteiger partial charge < -0.3 is 9.88 Å². The number of nitrogens with zero attached hydrogens (tertiary/aromatic N) is 4. The third-order valence-electron chi connectivity index (χ3n) is 7.82. The highest BCUT2D eigenvalue weighted by Crippen LogP contribution is 2.32. The molecule has 2 heterocycles. The van der Waals surface area contributed by atoms with Gasteiger partial charge in [0.2, 0.25) is 5.91 Å². The zero-order chi connectivity index (χ0) is 28.5. The second kappa shape index (κ2) is 11.4. The van der Waals surface area contributed by atoms with Crippen LogP contribution in [0.4, 0.5) is 10.1 Å². The summed E-state index contributed by atoms with van der Waals surface area (Å²) in [5.74, 6) is 0.267. The third kappa shape index (κ3) is 5.46. The first kappa shape index (κ1) is 27.1. The number of para-hydroxylation sites is 1. The maximum Gasteiger partial charge on any atom is 0.282 e. The van der Waals surface area contributed by atoms with Crippen molar-refractivity contribution in [2.45, 2.75) is 51.5 Å². The number of benzene rings is 3. The molecule has 2 aromatic heterocycles. The molecule has 0 radical (unpaired) electrons. The van der Waals surface area contributed by atoms with Crippen LogP contribution in [-0.2, 0) is 11.3 Å². The first-order valence-electron chi connectivity index (χ1n) is 13.8. The zero-order valence-corrected chi connectivity index (χ0v) is 24.2. The molecule has 9 heteroatoms. The van der Waals surface area contributed by atoms with Crippen LogP contribution in [0.3, 0.4) is 0 Å². The fourth-order valence-corrected chi connectivity index (χ4v) is 6.08. The van der Waals surface area contributed by atoms with Crippen LogP contribution in [0, 0.1) is 12.7 Å². The van der Waals surface area contributed by atoms with E-state index in [9.17, 15) is 14.0 Å². The maximum atomic E-state index is 13.8.